The summed E-state index contributed by atoms with van der Waals surface area (Å²) in [6, 6.07) is 4.07. The van der Waals surface area contributed by atoms with E-state index in [2.05, 4.69) is 0 Å². The largest absolute Gasteiger partial charge is 0.478 e. The lowest BCUT2D eigenvalue weighted by Crippen LogP contribution is -2.49. The lowest BCUT2D eigenvalue weighted by Gasteiger charge is -2.35. The number of amides is 1. The Morgan fingerprint density at radius 1 is 1.46 bits per heavy atom. The molecule has 1 aliphatic heterocycles. The van der Waals surface area contributed by atoms with Crippen molar-refractivity contribution < 1.29 is 24.0 Å². The van der Waals surface area contributed by atoms with Crippen LogP contribution in [-0.4, -0.2) is 36.1 Å². The Hall–Kier alpha value is -2.64. The first-order valence-corrected chi connectivity index (χ1v) is 7.77. The van der Waals surface area contributed by atoms with Crippen LogP contribution in [0.25, 0.3) is 0 Å². The van der Waals surface area contributed by atoms with Gasteiger partial charge in [0.2, 0.25) is 0 Å². The van der Waals surface area contributed by atoms with E-state index in [-0.39, 0.29) is 42.8 Å². The number of benzene rings is 1. The van der Waals surface area contributed by atoms with E-state index in [4.69, 9.17) is 9.47 Å². The van der Waals surface area contributed by atoms with Crippen molar-refractivity contribution in [2.45, 2.75) is 33.3 Å². The van der Waals surface area contributed by atoms with Gasteiger partial charge >= 0.3 is 5.97 Å². The quantitative estimate of drug-likeness (QED) is 0.449. The summed E-state index contributed by atoms with van der Waals surface area (Å²) < 4.78 is 10.6. The highest BCUT2D eigenvalue weighted by atomic mass is 16.6. The smallest absolute Gasteiger partial charge is 0.307 e. The highest BCUT2D eigenvalue weighted by Gasteiger charge is 2.37. The van der Waals surface area contributed by atoms with E-state index in [1.807, 2.05) is 13.8 Å². The molecule has 0 saturated carbocycles. The van der Waals surface area contributed by atoms with Crippen LogP contribution < -0.4 is 9.64 Å². The van der Waals surface area contributed by atoms with Gasteiger partial charge in [-0.1, -0.05) is 13.8 Å². The van der Waals surface area contributed by atoms with E-state index in [9.17, 15) is 19.7 Å². The van der Waals surface area contributed by atoms with Crippen molar-refractivity contribution >= 4 is 23.3 Å². The maximum atomic E-state index is 12.6. The number of carbonyl (C=O) groups is 2. The molecule has 1 heterocycles. The summed E-state index contributed by atoms with van der Waals surface area (Å²) in [7, 11) is 0. The van der Waals surface area contributed by atoms with Gasteiger partial charge < -0.3 is 14.4 Å². The average molecular weight is 336 g/mol. The number of non-ortho nitro benzene ring substituents is 1. The summed E-state index contributed by atoms with van der Waals surface area (Å²) in [6.45, 7) is 5.77. The number of carbonyl (C=O) groups excluding carboxylic acids is 2. The average Bonchev–Trinajstić information content (AvgIpc) is 2.52. The zero-order valence-electron chi connectivity index (χ0n) is 13.9. The molecule has 0 bridgehead atoms. The van der Waals surface area contributed by atoms with E-state index in [0.717, 1.165) is 0 Å². The number of nitrogens with zero attached hydrogens (tertiary/aromatic N) is 2. The van der Waals surface area contributed by atoms with Crippen molar-refractivity contribution in [1.82, 2.24) is 0 Å². The van der Waals surface area contributed by atoms with E-state index in [1.165, 1.54) is 23.1 Å². The molecular formula is C16H20N2O6. The zero-order valence-corrected chi connectivity index (χ0v) is 13.9. The molecule has 0 spiro atoms. The Labute approximate surface area is 139 Å². The fourth-order valence-corrected chi connectivity index (χ4v) is 2.48. The molecule has 2 rings (SSSR count). The van der Waals surface area contributed by atoms with Crippen molar-refractivity contribution in [1.29, 1.82) is 0 Å². The second-order valence-corrected chi connectivity index (χ2v) is 5.74. The third-order valence-corrected chi connectivity index (χ3v) is 3.66. The minimum atomic E-state index is -0.748. The van der Waals surface area contributed by atoms with E-state index in [0.29, 0.717) is 5.69 Å². The highest BCUT2D eigenvalue weighted by Crippen LogP contribution is 2.38. The molecule has 1 unspecified atom stereocenters. The van der Waals surface area contributed by atoms with Gasteiger partial charge in [-0.15, -0.1) is 0 Å². The number of nitro groups is 1. The SMILES string of the molecule is CCOC(=O)CCN1C(=O)C(C(C)C)Oc2cc([N+](=O)[O-])ccc21. The second-order valence-electron chi connectivity index (χ2n) is 5.74. The summed E-state index contributed by atoms with van der Waals surface area (Å²) in [5, 5.41) is 10.9. The van der Waals surface area contributed by atoms with Crippen molar-refractivity contribution in [3.63, 3.8) is 0 Å². The number of hydrogen-bond donors (Lipinski definition) is 0. The summed E-state index contributed by atoms with van der Waals surface area (Å²) >= 11 is 0. The van der Waals surface area contributed by atoms with Gasteiger partial charge in [-0.05, 0) is 18.9 Å². The molecule has 24 heavy (non-hydrogen) atoms. The molecule has 0 saturated heterocycles. The topological polar surface area (TPSA) is 99.0 Å². The van der Waals surface area contributed by atoms with Crippen LogP contribution in [0.3, 0.4) is 0 Å². The molecular weight excluding hydrogens is 316 g/mol. The van der Waals surface area contributed by atoms with Crippen LogP contribution in [0.4, 0.5) is 11.4 Å². The fourth-order valence-electron chi connectivity index (χ4n) is 2.48. The van der Waals surface area contributed by atoms with Crippen LogP contribution >= 0.6 is 0 Å². The first kappa shape index (κ1) is 17.7. The summed E-state index contributed by atoms with van der Waals surface area (Å²) in [5.74, 6) is -0.515. The number of hydrogen-bond acceptors (Lipinski definition) is 6. The van der Waals surface area contributed by atoms with E-state index in [1.54, 1.807) is 6.92 Å². The second kappa shape index (κ2) is 7.29. The van der Waals surface area contributed by atoms with Crippen molar-refractivity contribution in [3.8, 4) is 5.75 Å². The summed E-state index contributed by atoms with van der Waals surface area (Å²) in [4.78, 5) is 36.1. The highest BCUT2D eigenvalue weighted by molar-refractivity contribution is 6.00. The molecule has 8 nitrogen and oxygen atoms in total. The van der Waals surface area contributed by atoms with Gasteiger partial charge in [-0.3, -0.25) is 19.7 Å². The van der Waals surface area contributed by atoms with Gasteiger partial charge in [0, 0.05) is 12.6 Å². The normalized spacial score (nSPS) is 16.6. The molecule has 8 heteroatoms. The molecule has 0 fully saturated rings. The number of esters is 1. The molecule has 130 valence electrons. The van der Waals surface area contributed by atoms with Crippen LogP contribution in [0.5, 0.6) is 5.75 Å². The van der Waals surface area contributed by atoms with Gasteiger partial charge in [0.25, 0.3) is 11.6 Å². The first-order valence-electron chi connectivity index (χ1n) is 7.77. The number of nitro benzene ring substituents is 1. The molecule has 0 aliphatic carbocycles. The van der Waals surface area contributed by atoms with Crippen LogP contribution in [0.2, 0.25) is 0 Å². The maximum absolute atomic E-state index is 12.6. The van der Waals surface area contributed by atoms with Crippen molar-refractivity contribution in [2.75, 3.05) is 18.1 Å². The van der Waals surface area contributed by atoms with E-state index >= 15 is 0 Å². The third-order valence-electron chi connectivity index (χ3n) is 3.66. The lowest BCUT2D eigenvalue weighted by atomic mass is 10.0. The zero-order chi connectivity index (χ0) is 17.9. The molecule has 1 aromatic carbocycles. The Bertz CT molecular complexity index is 658. The minimum absolute atomic E-state index is 0.0425. The lowest BCUT2D eigenvalue weighted by molar-refractivity contribution is -0.384. The van der Waals surface area contributed by atoms with Crippen molar-refractivity contribution in [3.05, 3.63) is 28.3 Å². The predicted octanol–water partition coefficient (Wildman–Crippen LogP) is 2.30. The minimum Gasteiger partial charge on any atom is -0.478 e. The number of ether oxygens (including phenoxy) is 2. The van der Waals surface area contributed by atoms with Crippen LogP contribution in [0, 0.1) is 16.0 Å². The Morgan fingerprint density at radius 2 is 2.17 bits per heavy atom. The number of anilines is 1. The van der Waals surface area contributed by atoms with Gasteiger partial charge in [0.1, 0.15) is 0 Å². The first-order chi connectivity index (χ1) is 11.3. The Morgan fingerprint density at radius 3 is 2.75 bits per heavy atom. The van der Waals surface area contributed by atoms with Gasteiger partial charge in [-0.2, -0.15) is 0 Å². The standard InChI is InChI=1S/C16H20N2O6/c1-4-23-14(19)7-8-17-12-6-5-11(18(21)22)9-13(12)24-15(10(2)3)16(17)20/h5-6,9-10,15H,4,7-8H2,1-3H3. The Balaban J connectivity index is 2.32. The maximum Gasteiger partial charge on any atom is 0.307 e. The fraction of sp³-hybridized carbons (Fsp3) is 0.500. The van der Waals surface area contributed by atoms with Crippen molar-refractivity contribution in [2.24, 2.45) is 5.92 Å². The molecule has 0 radical (unpaired) electrons. The van der Waals surface area contributed by atoms with Crippen LogP contribution in [0.1, 0.15) is 27.2 Å². The van der Waals surface area contributed by atoms with Gasteiger partial charge in [0.15, 0.2) is 11.9 Å². The van der Waals surface area contributed by atoms with Gasteiger partial charge in [-0.25, -0.2) is 0 Å². The number of rotatable bonds is 6. The molecule has 0 N–H and O–H groups in total. The summed E-state index contributed by atoms with van der Waals surface area (Å²) in [5.41, 5.74) is 0.308. The molecule has 1 atom stereocenters. The third kappa shape index (κ3) is 3.64. The molecule has 1 amide bonds. The summed E-state index contributed by atoms with van der Waals surface area (Å²) in [6.07, 6.45) is -0.706. The molecule has 0 aromatic heterocycles. The predicted molar refractivity (Wildman–Crippen MR) is 86.0 cm³/mol. The monoisotopic (exact) mass is 336 g/mol. The number of fused-ring (bicyclic) bond motifs is 1. The van der Waals surface area contributed by atoms with Crippen LogP contribution in [-0.2, 0) is 14.3 Å². The van der Waals surface area contributed by atoms with E-state index < -0.39 is 17.0 Å². The molecule has 1 aliphatic rings. The molecule has 1 aromatic rings. The Kier molecular flexibility index (Phi) is 5.38. The van der Waals surface area contributed by atoms with Gasteiger partial charge in [0.05, 0.1) is 29.7 Å². The van der Waals surface area contributed by atoms with Crippen LogP contribution in [0.15, 0.2) is 18.2 Å².